The minimum atomic E-state index is 0.195. The van der Waals surface area contributed by atoms with Crippen molar-refractivity contribution in [3.63, 3.8) is 0 Å². The maximum absolute atomic E-state index is 8.73. The van der Waals surface area contributed by atoms with E-state index in [0.717, 1.165) is 33.0 Å². The molecule has 5 heteroatoms. The zero-order valence-electron chi connectivity index (χ0n) is 9.33. The summed E-state index contributed by atoms with van der Waals surface area (Å²) >= 11 is 5.07. The van der Waals surface area contributed by atoms with Crippen LogP contribution in [0.2, 0.25) is 0 Å². The van der Waals surface area contributed by atoms with Crippen molar-refractivity contribution < 1.29 is 14.6 Å². The number of hydrogen-bond donors (Lipinski definition) is 1. The molecule has 0 amide bonds. The summed E-state index contributed by atoms with van der Waals surface area (Å²) in [5.74, 6) is 3.15. The number of halogens is 1. The lowest BCUT2D eigenvalue weighted by Gasteiger charge is -2.11. The van der Waals surface area contributed by atoms with Gasteiger partial charge in [-0.2, -0.15) is 11.8 Å². The molecule has 16 heavy (non-hydrogen) atoms. The maximum Gasteiger partial charge on any atom is 0.133 e. The van der Waals surface area contributed by atoms with Gasteiger partial charge in [0.25, 0.3) is 0 Å². The van der Waals surface area contributed by atoms with Crippen molar-refractivity contribution in [1.82, 2.24) is 0 Å². The molecule has 0 atom stereocenters. The molecule has 0 aliphatic rings. The predicted octanol–water partition coefficient (Wildman–Crippen LogP) is 2.69. The van der Waals surface area contributed by atoms with Crippen molar-refractivity contribution >= 4 is 27.7 Å². The van der Waals surface area contributed by atoms with Gasteiger partial charge in [-0.05, 0) is 28.1 Å². The van der Waals surface area contributed by atoms with Crippen LogP contribution in [0.15, 0.2) is 16.6 Å². The van der Waals surface area contributed by atoms with Crippen molar-refractivity contribution in [2.45, 2.75) is 5.75 Å². The Bertz CT molecular complexity index is 344. The number of aliphatic hydroxyl groups excluding tert-OH is 1. The summed E-state index contributed by atoms with van der Waals surface area (Å²) < 4.78 is 11.4. The maximum atomic E-state index is 8.73. The fourth-order valence-corrected chi connectivity index (χ4v) is 2.49. The molecule has 0 bridgehead atoms. The van der Waals surface area contributed by atoms with Gasteiger partial charge < -0.3 is 14.6 Å². The van der Waals surface area contributed by atoms with Crippen molar-refractivity contribution in [3.8, 4) is 11.5 Å². The fraction of sp³-hybridized carbons (Fsp3) is 0.455. The van der Waals surface area contributed by atoms with E-state index in [9.17, 15) is 0 Å². The van der Waals surface area contributed by atoms with Crippen LogP contribution in [0, 0.1) is 0 Å². The highest BCUT2D eigenvalue weighted by molar-refractivity contribution is 9.10. The van der Waals surface area contributed by atoms with Crippen molar-refractivity contribution in [2.24, 2.45) is 0 Å². The van der Waals surface area contributed by atoms with E-state index in [1.165, 1.54) is 0 Å². The molecule has 0 aromatic heterocycles. The number of benzene rings is 1. The van der Waals surface area contributed by atoms with Crippen molar-refractivity contribution in [3.05, 3.63) is 22.2 Å². The fourth-order valence-electron chi connectivity index (χ4n) is 1.28. The van der Waals surface area contributed by atoms with E-state index in [4.69, 9.17) is 14.6 Å². The van der Waals surface area contributed by atoms with Gasteiger partial charge in [-0.1, -0.05) is 0 Å². The van der Waals surface area contributed by atoms with Crippen LogP contribution in [0.25, 0.3) is 0 Å². The summed E-state index contributed by atoms with van der Waals surface area (Å²) in [6.45, 7) is 0.195. The molecule has 0 aliphatic carbocycles. The van der Waals surface area contributed by atoms with Crippen molar-refractivity contribution in [1.29, 1.82) is 0 Å². The molecule has 0 saturated carbocycles. The van der Waals surface area contributed by atoms with E-state index < -0.39 is 0 Å². The Morgan fingerprint density at radius 1 is 1.25 bits per heavy atom. The van der Waals surface area contributed by atoms with E-state index in [2.05, 4.69) is 15.9 Å². The molecule has 1 rings (SSSR count). The summed E-state index contributed by atoms with van der Waals surface area (Å²) in [7, 11) is 3.28. The molecule has 0 unspecified atom stereocenters. The first-order valence-corrected chi connectivity index (χ1v) is 6.76. The molecule has 3 nitrogen and oxygen atoms in total. The van der Waals surface area contributed by atoms with Gasteiger partial charge in [0, 0.05) is 17.1 Å². The molecule has 0 radical (unpaired) electrons. The van der Waals surface area contributed by atoms with E-state index in [1.807, 2.05) is 12.1 Å². The first-order chi connectivity index (χ1) is 7.72. The lowest BCUT2D eigenvalue weighted by molar-refractivity contribution is 0.322. The number of rotatable bonds is 6. The average molecular weight is 307 g/mol. The van der Waals surface area contributed by atoms with E-state index in [-0.39, 0.29) is 6.61 Å². The molecule has 1 aromatic rings. The summed E-state index contributed by atoms with van der Waals surface area (Å²) in [5.41, 5.74) is 1.07. The second kappa shape index (κ2) is 7.04. The highest BCUT2D eigenvalue weighted by Crippen LogP contribution is 2.34. The van der Waals surface area contributed by atoms with Gasteiger partial charge in [-0.3, -0.25) is 0 Å². The van der Waals surface area contributed by atoms with Crippen LogP contribution in [0.5, 0.6) is 11.5 Å². The SMILES string of the molecule is COc1cc(CSCCO)c(OC)cc1Br. The van der Waals surface area contributed by atoms with Crippen LogP contribution in [0.1, 0.15) is 5.56 Å². The Morgan fingerprint density at radius 2 is 1.94 bits per heavy atom. The van der Waals surface area contributed by atoms with Crippen LogP contribution in [0.3, 0.4) is 0 Å². The van der Waals surface area contributed by atoms with Crippen LogP contribution in [-0.2, 0) is 5.75 Å². The Labute approximate surface area is 108 Å². The topological polar surface area (TPSA) is 38.7 Å². The Morgan fingerprint density at radius 3 is 2.50 bits per heavy atom. The highest BCUT2D eigenvalue weighted by Gasteiger charge is 2.09. The molecule has 1 aromatic carbocycles. The second-order valence-corrected chi connectivity index (χ2v) is 5.03. The molecule has 90 valence electrons. The lowest BCUT2D eigenvalue weighted by Crippen LogP contribution is -1.95. The van der Waals surface area contributed by atoms with E-state index in [0.29, 0.717) is 0 Å². The van der Waals surface area contributed by atoms with Gasteiger partial charge in [-0.15, -0.1) is 0 Å². The predicted molar refractivity (Wildman–Crippen MR) is 70.5 cm³/mol. The normalized spacial score (nSPS) is 10.2. The van der Waals surface area contributed by atoms with Crippen molar-refractivity contribution in [2.75, 3.05) is 26.6 Å². The summed E-state index contributed by atoms with van der Waals surface area (Å²) in [6, 6.07) is 3.85. The minimum absolute atomic E-state index is 0.195. The molecule has 0 aliphatic heterocycles. The number of hydrogen-bond acceptors (Lipinski definition) is 4. The average Bonchev–Trinajstić information content (AvgIpc) is 2.30. The third kappa shape index (κ3) is 3.57. The molecular formula is C11H15BrO3S. The Balaban J connectivity index is 2.86. The quantitative estimate of drug-likeness (QED) is 0.820. The molecule has 0 spiro atoms. The summed E-state index contributed by atoms with van der Waals surface area (Å²) in [5, 5.41) is 8.73. The Kier molecular flexibility index (Phi) is 6.01. The van der Waals surface area contributed by atoms with Gasteiger partial charge in [0.05, 0.1) is 25.3 Å². The number of ether oxygens (including phenoxy) is 2. The zero-order valence-corrected chi connectivity index (χ0v) is 11.7. The van der Waals surface area contributed by atoms with Gasteiger partial charge in [0.15, 0.2) is 0 Å². The third-order valence-corrected chi connectivity index (χ3v) is 3.65. The first kappa shape index (κ1) is 13.7. The summed E-state index contributed by atoms with van der Waals surface area (Å²) in [4.78, 5) is 0. The minimum Gasteiger partial charge on any atom is -0.496 e. The molecule has 0 saturated heterocycles. The largest absolute Gasteiger partial charge is 0.496 e. The molecular weight excluding hydrogens is 292 g/mol. The molecule has 0 fully saturated rings. The number of methoxy groups -OCH3 is 2. The van der Waals surface area contributed by atoms with Gasteiger partial charge in [-0.25, -0.2) is 0 Å². The molecule has 0 heterocycles. The van der Waals surface area contributed by atoms with Gasteiger partial charge in [0.2, 0.25) is 0 Å². The first-order valence-electron chi connectivity index (χ1n) is 4.82. The van der Waals surface area contributed by atoms with Crippen LogP contribution < -0.4 is 9.47 Å². The smallest absolute Gasteiger partial charge is 0.133 e. The number of aliphatic hydroxyl groups is 1. The second-order valence-electron chi connectivity index (χ2n) is 3.07. The zero-order chi connectivity index (χ0) is 12.0. The Hall–Kier alpha value is -0.390. The summed E-state index contributed by atoms with van der Waals surface area (Å²) in [6.07, 6.45) is 0. The van der Waals surface area contributed by atoms with E-state index >= 15 is 0 Å². The van der Waals surface area contributed by atoms with Crippen LogP contribution >= 0.6 is 27.7 Å². The van der Waals surface area contributed by atoms with Crippen LogP contribution in [0.4, 0.5) is 0 Å². The highest BCUT2D eigenvalue weighted by atomic mass is 79.9. The standard InChI is InChI=1S/C11H15BrO3S/c1-14-10-6-9(12)11(15-2)5-8(10)7-16-4-3-13/h5-6,13H,3-4,7H2,1-2H3. The van der Waals surface area contributed by atoms with E-state index in [1.54, 1.807) is 26.0 Å². The number of thioether (sulfide) groups is 1. The molecule has 1 N–H and O–H groups in total. The lowest BCUT2D eigenvalue weighted by atomic mass is 10.2. The van der Waals surface area contributed by atoms with Gasteiger partial charge >= 0.3 is 0 Å². The van der Waals surface area contributed by atoms with Crippen LogP contribution in [-0.4, -0.2) is 31.7 Å². The monoisotopic (exact) mass is 306 g/mol. The third-order valence-electron chi connectivity index (χ3n) is 2.05. The van der Waals surface area contributed by atoms with Gasteiger partial charge in [0.1, 0.15) is 11.5 Å².